The van der Waals surface area contributed by atoms with Gasteiger partial charge in [0.2, 0.25) is 5.91 Å². The highest BCUT2D eigenvalue weighted by molar-refractivity contribution is 5.81. The normalized spacial score (nSPS) is 38.4. The molecule has 0 radical (unpaired) electrons. The lowest BCUT2D eigenvalue weighted by Crippen LogP contribution is -2.48. The van der Waals surface area contributed by atoms with Crippen LogP contribution in [0.4, 0.5) is 0 Å². The van der Waals surface area contributed by atoms with Crippen LogP contribution in [-0.2, 0) is 9.53 Å². The fourth-order valence-corrected chi connectivity index (χ4v) is 1.94. The summed E-state index contributed by atoms with van der Waals surface area (Å²) in [7, 11) is 0. The standard InChI is InChI=1S/C10H17NO2/c1-7-4-5-8(7)11-10(12)9-3-2-6-13-9/h7-9H,2-6H2,1H3,(H,11,12)/t7?,8?,9-/m1/s1. The van der Waals surface area contributed by atoms with Crippen molar-refractivity contribution in [2.24, 2.45) is 5.92 Å². The maximum Gasteiger partial charge on any atom is 0.249 e. The van der Waals surface area contributed by atoms with Gasteiger partial charge in [0.05, 0.1) is 0 Å². The third-order valence-corrected chi connectivity index (χ3v) is 3.17. The molecule has 2 fully saturated rings. The second-order valence-corrected chi connectivity index (χ2v) is 4.17. The smallest absolute Gasteiger partial charge is 0.249 e. The van der Waals surface area contributed by atoms with E-state index >= 15 is 0 Å². The predicted octanol–water partition coefficient (Wildman–Crippen LogP) is 1.08. The molecule has 0 aromatic rings. The van der Waals surface area contributed by atoms with Crippen LogP contribution in [0.15, 0.2) is 0 Å². The number of ether oxygens (including phenoxy) is 1. The Balaban J connectivity index is 1.77. The number of rotatable bonds is 2. The molecule has 2 unspecified atom stereocenters. The summed E-state index contributed by atoms with van der Waals surface area (Å²) in [6.45, 7) is 2.93. The van der Waals surface area contributed by atoms with Gasteiger partial charge < -0.3 is 10.1 Å². The van der Waals surface area contributed by atoms with Crippen molar-refractivity contribution in [3.63, 3.8) is 0 Å². The molecule has 1 N–H and O–H groups in total. The second-order valence-electron chi connectivity index (χ2n) is 4.17. The summed E-state index contributed by atoms with van der Waals surface area (Å²) in [6.07, 6.45) is 4.15. The molecule has 2 rings (SSSR count). The number of hydrogen-bond donors (Lipinski definition) is 1. The molecule has 0 bridgehead atoms. The van der Waals surface area contributed by atoms with E-state index < -0.39 is 0 Å². The fourth-order valence-electron chi connectivity index (χ4n) is 1.94. The Morgan fingerprint density at radius 3 is 2.69 bits per heavy atom. The minimum Gasteiger partial charge on any atom is -0.368 e. The van der Waals surface area contributed by atoms with Crippen LogP contribution in [0.25, 0.3) is 0 Å². The molecule has 1 aliphatic carbocycles. The van der Waals surface area contributed by atoms with Crippen LogP contribution in [0, 0.1) is 5.92 Å². The third-order valence-electron chi connectivity index (χ3n) is 3.17. The minimum absolute atomic E-state index is 0.106. The number of carbonyl (C=O) groups excluding carboxylic acids is 1. The van der Waals surface area contributed by atoms with Crippen molar-refractivity contribution in [2.75, 3.05) is 6.61 Å². The number of hydrogen-bond acceptors (Lipinski definition) is 2. The Kier molecular flexibility index (Phi) is 2.54. The zero-order chi connectivity index (χ0) is 9.26. The molecule has 1 aliphatic heterocycles. The van der Waals surface area contributed by atoms with Crippen molar-refractivity contribution in [2.45, 2.75) is 44.8 Å². The van der Waals surface area contributed by atoms with Gasteiger partial charge in [-0.1, -0.05) is 6.92 Å². The lowest BCUT2D eigenvalue weighted by molar-refractivity contribution is -0.131. The molecule has 1 saturated carbocycles. The van der Waals surface area contributed by atoms with E-state index in [1.165, 1.54) is 6.42 Å². The van der Waals surface area contributed by atoms with E-state index in [0.717, 1.165) is 25.9 Å². The molecule has 3 heteroatoms. The Morgan fingerprint density at radius 1 is 1.38 bits per heavy atom. The lowest BCUT2D eigenvalue weighted by Gasteiger charge is -2.35. The molecule has 1 amide bonds. The molecule has 74 valence electrons. The number of nitrogens with one attached hydrogen (secondary N) is 1. The van der Waals surface area contributed by atoms with E-state index in [-0.39, 0.29) is 12.0 Å². The van der Waals surface area contributed by atoms with Crippen LogP contribution in [0.1, 0.15) is 32.6 Å². The van der Waals surface area contributed by atoms with Crippen LogP contribution in [0.2, 0.25) is 0 Å². The Bertz CT molecular complexity index is 199. The largest absolute Gasteiger partial charge is 0.368 e. The quantitative estimate of drug-likeness (QED) is 0.695. The summed E-state index contributed by atoms with van der Waals surface area (Å²) in [6, 6.07) is 0.414. The minimum atomic E-state index is -0.159. The first-order valence-corrected chi connectivity index (χ1v) is 5.19. The Labute approximate surface area is 78.8 Å². The monoisotopic (exact) mass is 183 g/mol. The van der Waals surface area contributed by atoms with E-state index in [1.54, 1.807) is 0 Å². The molecule has 2 aliphatic rings. The van der Waals surface area contributed by atoms with E-state index in [9.17, 15) is 4.79 Å². The fraction of sp³-hybridized carbons (Fsp3) is 0.900. The van der Waals surface area contributed by atoms with Crippen LogP contribution >= 0.6 is 0 Å². The van der Waals surface area contributed by atoms with Gasteiger partial charge in [0.15, 0.2) is 0 Å². The first-order chi connectivity index (χ1) is 6.27. The molecule has 1 heterocycles. The zero-order valence-electron chi connectivity index (χ0n) is 8.08. The van der Waals surface area contributed by atoms with Gasteiger partial charge in [0, 0.05) is 12.6 Å². The van der Waals surface area contributed by atoms with E-state index in [4.69, 9.17) is 4.74 Å². The van der Waals surface area contributed by atoms with Crippen LogP contribution in [0.3, 0.4) is 0 Å². The van der Waals surface area contributed by atoms with Crippen molar-refractivity contribution in [3.05, 3.63) is 0 Å². The average Bonchev–Trinajstić information content (AvgIpc) is 2.64. The summed E-state index contributed by atoms with van der Waals surface area (Å²) in [5.41, 5.74) is 0. The van der Waals surface area contributed by atoms with Gasteiger partial charge >= 0.3 is 0 Å². The maximum atomic E-state index is 11.6. The predicted molar refractivity (Wildman–Crippen MR) is 49.3 cm³/mol. The molecule has 0 aromatic heterocycles. The van der Waals surface area contributed by atoms with Crippen molar-refractivity contribution < 1.29 is 9.53 Å². The SMILES string of the molecule is CC1CCC1NC(=O)[C@H]1CCCO1. The molecule has 1 saturated heterocycles. The molecule has 3 nitrogen and oxygen atoms in total. The van der Waals surface area contributed by atoms with E-state index in [2.05, 4.69) is 12.2 Å². The van der Waals surface area contributed by atoms with Crippen LogP contribution < -0.4 is 5.32 Å². The molecule has 3 atom stereocenters. The lowest BCUT2D eigenvalue weighted by atomic mass is 9.81. The van der Waals surface area contributed by atoms with Crippen LogP contribution in [-0.4, -0.2) is 24.7 Å². The molecule has 13 heavy (non-hydrogen) atoms. The van der Waals surface area contributed by atoms with Gasteiger partial charge in [-0.2, -0.15) is 0 Å². The highest BCUT2D eigenvalue weighted by Gasteiger charge is 2.31. The summed E-state index contributed by atoms with van der Waals surface area (Å²) in [5, 5.41) is 3.04. The van der Waals surface area contributed by atoms with Crippen molar-refractivity contribution in [1.29, 1.82) is 0 Å². The van der Waals surface area contributed by atoms with Gasteiger partial charge in [-0.3, -0.25) is 4.79 Å². The van der Waals surface area contributed by atoms with Crippen molar-refractivity contribution >= 4 is 5.91 Å². The van der Waals surface area contributed by atoms with Crippen molar-refractivity contribution in [3.8, 4) is 0 Å². The van der Waals surface area contributed by atoms with Gasteiger partial charge in [0.25, 0.3) is 0 Å². The zero-order valence-corrected chi connectivity index (χ0v) is 8.08. The summed E-state index contributed by atoms with van der Waals surface area (Å²) < 4.78 is 5.31. The van der Waals surface area contributed by atoms with Gasteiger partial charge in [0.1, 0.15) is 6.10 Å². The third kappa shape index (κ3) is 1.85. The molecule has 0 spiro atoms. The first-order valence-electron chi connectivity index (χ1n) is 5.19. The summed E-state index contributed by atoms with van der Waals surface area (Å²) >= 11 is 0. The Hall–Kier alpha value is -0.570. The van der Waals surface area contributed by atoms with Crippen LogP contribution in [0.5, 0.6) is 0 Å². The molecule has 0 aromatic carbocycles. The highest BCUT2D eigenvalue weighted by Crippen LogP contribution is 2.26. The summed E-state index contributed by atoms with van der Waals surface area (Å²) in [4.78, 5) is 11.6. The van der Waals surface area contributed by atoms with E-state index in [1.807, 2.05) is 0 Å². The molecular weight excluding hydrogens is 166 g/mol. The maximum absolute atomic E-state index is 11.6. The number of carbonyl (C=O) groups is 1. The Morgan fingerprint density at radius 2 is 2.23 bits per heavy atom. The molecular formula is C10H17NO2. The summed E-state index contributed by atoms with van der Waals surface area (Å²) in [5.74, 6) is 0.763. The second kappa shape index (κ2) is 3.66. The average molecular weight is 183 g/mol. The first kappa shape index (κ1) is 9.00. The van der Waals surface area contributed by atoms with Gasteiger partial charge in [-0.15, -0.1) is 0 Å². The number of amides is 1. The van der Waals surface area contributed by atoms with Gasteiger partial charge in [-0.25, -0.2) is 0 Å². The topological polar surface area (TPSA) is 38.3 Å². The van der Waals surface area contributed by atoms with E-state index in [0.29, 0.717) is 12.0 Å². The van der Waals surface area contributed by atoms with Gasteiger partial charge in [-0.05, 0) is 31.6 Å². The highest BCUT2D eigenvalue weighted by atomic mass is 16.5. The van der Waals surface area contributed by atoms with Crippen molar-refractivity contribution in [1.82, 2.24) is 5.32 Å².